The van der Waals surface area contributed by atoms with Crippen molar-refractivity contribution in [2.24, 2.45) is 29.1 Å². The van der Waals surface area contributed by atoms with E-state index in [1.54, 1.807) is 0 Å². The summed E-state index contributed by atoms with van der Waals surface area (Å²) in [7, 11) is 0. The maximum Gasteiger partial charge on any atom is 0.270 e. The van der Waals surface area contributed by atoms with Crippen LogP contribution in [0.3, 0.4) is 0 Å². The zero-order chi connectivity index (χ0) is 24.4. The van der Waals surface area contributed by atoms with E-state index in [9.17, 15) is 4.79 Å². The highest BCUT2D eigenvalue weighted by molar-refractivity contribution is 5.93. The molecule has 3 bridgehead atoms. The van der Waals surface area contributed by atoms with Crippen molar-refractivity contribution in [1.82, 2.24) is 15.3 Å². The van der Waals surface area contributed by atoms with Crippen molar-refractivity contribution >= 4 is 23.2 Å². The van der Waals surface area contributed by atoms with Crippen LogP contribution in [0.2, 0.25) is 0 Å². The van der Waals surface area contributed by atoms with Gasteiger partial charge in [-0.15, -0.1) is 0 Å². The normalized spacial score (nSPS) is 36.7. The number of fused-ring (bicyclic) bond motifs is 2. The molecular weight excluding hydrogens is 448 g/mol. The highest BCUT2D eigenvalue weighted by atomic mass is 16.2. The summed E-state index contributed by atoms with van der Waals surface area (Å²) in [5, 5.41) is 3.51. The molecule has 2 aromatic heterocycles. The second-order valence-electron chi connectivity index (χ2n) is 12.3. The van der Waals surface area contributed by atoms with Gasteiger partial charge >= 0.3 is 0 Å². The summed E-state index contributed by atoms with van der Waals surface area (Å²) in [5.74, 6) is 4.61. The Morgan fingerprint density at radius 2 is 1.86 bits per heavy atom. The van der Waals surface area contributed by atoms with Crippen molar-refractivity contribution in [3.63, 3.8) is 0 Å². The van der Waals surface area contributed by atoms with Crippen molar-refractivity contribution in [3.05, 3.63) is 42.2 Å². The van der Waals surface area contributed by atoms with Gasteiger partial charge in [-0.1, -0.05) is 12.5 Å². The first-order valence-electron chi connectivity index (χ1n) is 14.0. The number of nitrogens with two attached hydrogens (primary N) is 1. The molecule has 5 fully saturated rings. The zero-order valence-electron chi connectivity index (χ0n) is 21.3. The van der Waals surface area contributed by atoms with Gasteiger partial charge in [0, 0.05) is 31.7 Å². The minimum atomic E-state index is 0.0116. The van der Waals surface area contributed by atoms with Crippen LogP contribution in [0.4, 0.5) is 17.3 Å². The van der Waals surface area contributed by atoms with E-state index < -0.39 is 0 Å². The molecule has 36 heavy (non-hydrogen) atoms. The summed E-state index contributed by atoms with van der Waals surface area (Å²) in [6.45, 7) is 4.82. The quantitative estimate of drug-likeness (QED) is 0.676. The minimum Gasteiger partial charge on any atom is -0.384 e. The molecule has 7 rings (SSSR count). The molecule has 1 aliphatic heterocycles. The van der Waals surface area contributed by atoms with E-state index in [1.807, 2.05) is 36.5 Å². The molecule has 7 nitrogen and oxygen atoms in total. The number of hydrogen-bond donors (Lipinski definition) is 2. The van der Waals surface area contributed by atoms with Crippen molar-refractivity contribution in [3.8, 4) is 0 Å². The lowest BCUT2D eigenvalue weighted by Gasteiger charge is -2.43. The lowest BCUT2D eigenvalue weighted by Crippen LogP contribution is -2.52. The number of carbonyl (C=O) groups is 1. The minimum absolute atomic E-state index is 0.0116. The van der Waals surface area contributed by atoms with Crippen molar-refractivity contribution in [1.29, 1.82) is 0 Å². The van der Waals surface area contributed by atoms with Gasteiger partial charge < -0.3 is 20.9 Å². The number of hydrogen-bond acceptors (Lipinski definition) is 6. The average molecular weight is 487 g/mol. The number of rotatable bonds is 4. The number of amides is 1. The first kappa shape index (κ1) is 22.4. The second-order valence-corrected chi connectivity index (χ2v) is 12.3. The molecule has 1 spiro atoms. The number of pyridine rings is 2. The van der Waals surface area contributed by atoms with Crippen molar-refractivity contribution < 1.29 is 4.79 Å². The third-order valence-electron chi connectivity index (χ3n) is 10.5. The van der Waals surface area contributed by atoms with Gasteiger partial charge in [-0.3, -0.25) is 4.79 Å². The zero-order valence-corrected chi connectivity index (χ0v) is 21.3. The summed E-state index contributed by atoms with van der Waals surface area (Å²) in [6, 6.07) is 10.4. The molecule has 4 saturated carbocycles. The molecule has 0 radical (unpaired) electrons. The number of nitrogen functional groups attached to an aromatic ring is 1. The molecule has 1 amide bonds. The van der Waals surface area contributed by atoms with E-state index in [2.05, 4.69) is 27.0 Å². The van der Waals surface area contributed by atoms with E-state index in [0.717, 1.165) is 43.0 Å². The molecule has 7 heteroatoms. The van der Waals surface area contributed by atoms with Crippen LogP contribution in [0.5, 0.6) is 0 Å². The van der Waals surface area contributed by atoms with Crippen LogP contribution >= 0.6 is 0 Å². The van der Waals surface area contributed by atoms with E-state index in [-0.39, 0.29) is 11.9 Å². The van der Waals surface area contributed by atoms with Crippen LogP contribution in [0.25, 0.3) is 0 Å². The Morgan fingerprint density at radius 3 is 2.56 bits per heavy atom. The Hall–Kier alpha value is -2.83. The molecular formula is C29H38N6O. The third kappa shape index (κ3) is 3.49. The first-order chi connectivity index (χ1) is 17.5. The Kier molecular flexibility index (Phi) is 5.19. The summed E-state index contributed by atoms with van der Waals surface area (Å²) in [4.78, 5) is 27.2. The summed E-state index contributed by atoms with van der Waals surface area (Å²) < 4.78 is 0. The SMILES string of the molecule is C[C@@H]1CN(c2ccc(N)nc2)CCN1c1cccc(C(=O)NC2C3CC4CCC[C@H]5CC2CC45C3)n1. The van der Waals surface area contributed by atoms with Crippen LogP contribution in [0.15, 0.2) is 36.5 Å². The van der Waals surface area contributed by atoms with E-state index in [1.165, 1.54) is 44.9 Å². The third-order valence-corrected chi connectivity index (χ3v) is 10.5. The van der Waals surface area contributed by atoms with E-state index in [0.29, 0.717) is 34.8 Å². The molecule has 7 atom stereocenters. The fourth-order valence-electron chi connectivity index (χ4n) is 9.07. The molecule has 190 valence electrons. The molecule has 1 saturated heterocycles. The average Bonchev–Trinajstić information content (AvgIpc) is 3.39. The fourth-order valence-corrected chi connectivity index (χ4v) is 9.07. The second kappa shape index (κ2) is 8.35. The summed E-state index contributed by atoms with van der Waals surface area (Å²) in [5.41, 5.74) is 8.04. The Bertz CT molecular complexity index is 1120. The Balaban J connectivity index is 1.04. The molecule has 4 aliphatic carbocycles. The maximum absolute atomic E-state index is 13.5. The number of nitrogens with zero attached hydrogens (tertiary/aromatic N) is 4. The largest absolute Gasteiger partial charge is 0.384 e. The maximum atomic E-state index is 13.5. The molecule has 3 N–H and O–H groups in total. The fraction of sp³-hybridized carbons (Fsp3) is 0.621. The molecule has 2 aromatic rings. The van der Waals surface area contributed by atoms with E-state index in [4.69, 9.17) is 10.7 Å². The van der Waals surface area contributed by atoms with Gasteiger partial charge in [0.15, 0.2) is 0 Å². The number of carbonyl (C=O) groups excluding carboxylic acids is 1. The van der Waals surface area contributed by atoms with Crippen molar-refractivity contribution in [2.75, 3.05) is 35.2 Å². The van der Waals surface area contributed by atoms with Crippen LogP contribution in [-0.4, -0.2) is 47.6 Å². The molecule has 3 heterocycles. The van der Waals surface area contributed by atoms with Crippen molar-refractivity contribution in [2.45, 2.75) is 64.0 Å². The Morgan fingerprint density at radius 1 is 1.08 bits per heavy atom. The molecule has 5 aliphatic rings. The van der Waals surface area contributed by atoms with Gasteiger partial charge in [-0.2, -0.15) is 0 Å². The first-order valence-corrected chi connectivity index (χ1v) is 14.0. The van der Waals surface area contributed by atoms with Crippen LogP contribution in [-0.2, 0) is 0 Å². The van der Waals surface area contributed by atoms with Crippen LogP contribution < -0.4 is 20.9 Å². The summed E-state index contributed by atoms with van der Waals surface area (Å²) in [6.07, 6.45) is 11.5. The summed E-state index contributed by atoms with van der Waals surface area (Å²) >= 11 is 0. The Labute approximate surface area is 213 Å². The topological polar surface area (TPSA) is 87.4 Å². The van der Waals surface area contributed by atoms with Gasteiger partial charge in [0.1, 0.15) is 17.3 Å². The van der Waals surface area contributed by atoms with Crippen LogP contribution in [0, 0.1) is 29.1 Å². The lowest BCUT2D eigenvalue weighted by atomic mass is 9.62. The van der Waals surface area contributed by atoms with Gasteiger partial charge in [-0.05, 0) is 98.8 Å². The lowest BCUT2D eigenvalue weighted by molar-refractivity contribution is 0.0662. The number of aromatic nitrogens is 2. The standard InChI is InChI=1S/C29H38N6O/c1-18-17-34(23-8-9-25(30)31-16-23)10-11-35(18)26-7-3-6-24(32-26)28(36)33-27-19-12-21-4-2-5-22-13-20(27)15-29(21,22)14-19/h3,6-9,16,18-22,27H,2,4-5,10-15,17H2,1H3,(H2,30,31)(H,33,36)/t18-,19?,20?,21+,22?,27?,29?/m1/s1. The predicted molar refractivity (Wildman–Crippen MR) is 142 cm³/mol. The smallest absolute Gasteiger partial charge is 0.270 e. The van der Waals surface area contributed by atoms with Gasteiger partial charge in [-0.25, -0.2) is 9.97 Å². The number of piperazine rings is 1. The van der Waals surface area contributed by atoms with Gasteiger partial charge in [0.2, 0.25) is 0 Å². The van der Waals surface area contributed by atoms with E-state index >= 15 is 0 Å². The molecule has 5 unspecified atom stereocenters. The van der Waals surface area contributed by atoms with Gasteiger partial charge in [0.25, 0.3) is 5.91 Å². The number of nitrogens with one attached hydrogen (secondary N) is 1. The van der Waals surface area contributed by atoms with Crippen LogP contribution in [0.1, 0.15) is 62.4 Å². The van der Waals surface area contributed by atoms with Gasteiger partial charge in [0.05, 0.1) is 11.9 Å². The number of anilines is 3. The predicted octanol–water partition coefficient (Wildman–Crippen LogP) is 4.11. The monoisotopic (exact) mass is 486 g/mol. The highest BCUT2D eigenvalue weighted by Crippen LogP contribution is 2.70. The highest BCUT2D eigenvalue weighted by Gasteiger charge is 2.64. The molecule has 0 aromatic carbocycles.